The molecular weight excluding hydrogens is 186 g/mol. The molecule has 0 amide bonds. The van der Waals surface area contributed by atoms with Crippen LogP contribution in [0.3, 0.4) is 0 Å². The molecule has 0 rings (SSSR count). The van der Waals surface area contributed by atoms with Crippen molar-refractivity contribution in [1.29, 1.82) is 0 Å². The van der Waals surface area contributed by atoms with Gasteiger partial charge in [-0.05, 0) is 12.8 Å². The maximum Gasteiger partial charge on any atom is 0.227 e. The lowest BCUT2D eigenvalue weighted by Crippen LogP contribution is -2.12. The lowest BCUT2D eigenvalue weighted by Gasteiger charge is -2.10. The molecular formula is C13H25NO. The van der Waals surface area contributed by atoms with Crippen LogP contribution in [-0.2, 0) is 0 Å². The average Bonchev–Trinajstić information content (AvgIpc) is 2.22. The highest BCUT2D eigenvalue weighted by molar-refractivity contribution is 4.88. The van der Waals surface area contributed by atoms with E-state index in [0.29, 0.717) is 6.61 Å². The Morgan fingerprint density at radius 2 is 1.40 bits per heavy atom. The fraction of sp³-hybridized carbons (Fsp3) is 0.923. The third kappa shape index (κ3) is 9.75. The summed E-state index contributed by atoms with van der Waals surface area (Å²) < 4.78 is 0. The van der Waals surface area contributed by atoms with Gasteiger partial charge in [-0.3, -0.25) is 0 Å². The zero-order valence-corrected chi connectivity index (χ0v) is 10.3. The van der Waals surface area contributed by atoms with Crippen LogP contribution in [0, 0.1) is 6.57 Å². The van der Waals surface area contributed by atoms with Crippen LogP contribution in [0.1, 0.15) is 65.2 Å². The number of hydrogen-bond acceptors (Lipinski definition) is 1. The van der Waals surface area contributed by atoms with Crippen molar-refractivity contribution in [2.24, 2.45) is 0 Å². The van der Waals surface area contributed by atoms with Crippen LogP contribution in [-0.4, -0.2) is 17.3 Å². The average molecular weight is 211 g/mol. The summed E-state index contributed by atoms with van der Waals surface area (Å²) in [5.41, 5.74) is -0.156. The van der Waals surface area contributed by atoms with Gasteiger partial charge in [0.2, 0.25) is 5.54 Å². The van der Waals surface area contributed by atoms with Crippen molar-refractivity contribution in [3.05, 3.63) is 11.4 Å². The first-order valence-corrected chi connectivity index (χ1v) is 6.12. The first-order valence-electron chi connectivity index (χ1n) is 6.12. The molecule has 0 spiro atoms. The summed E-state index contributed by atoms with van der Waals surface area (Å²) in [5, 5.41) is 8.60. The predicted molar refractivity (Wildman–Crippen MR) is 64.7 cm³/mol. The molecule has 15 heavy (non-hydrogen) atoms. The van der Waals surface area contributed by atoms with Crippen molar-refractivity contribution in [2.75, 3.05) is 6.61 Å². The van der Waals surface area contributed by atoms with Gasteiger partial charge in [0.1, 0.15) is 0 Å². The second kappa shape index (κ2) is 8.73. The molecule has 0 aromatic rings. The van der Waals surface area contributed by atoms with E-state index in [-0.39, 0.29) is 5.54 Å². The lowest BCUT2D eigenvalue weighted by molar-refractivity contribution is 0.282. The van der Waals surface area contributed by atoms with Gasteiger partial charge < -0.3 is 9.95 Å². The summed E-state index contributed by atoms with van der Waals surface area (Å²) >= 11 is 0. The highest BCUT2D eigenvalue weighted by Gasteiger charge is 2.21. The standard InChI is InChI=1S/C13H25NO/c1-13(2,14-3)11-9-7-5-4-6-8-10-12-15/h15H,4-12H2,1-2H3. The fourth-order valence-corrected chi connectivity index (χ4v) is 1.61. The van der Waals surface area contributed by atoms with E-state index < -0.39 is 0 Å². The summed E-state index contributed by atoms with van der Waals surface area (Å²) in [7, 11) is 0. The quantitative estimate of drug-likeness (QED) is 0.455. The molecule has 0 aliphatic rings. The monoisotopic (exact) mass is 211 g/mol. The lowest BCUT2D eigenvalue weighted by atomic mass is 9.97. The van der Waals surface area contributed by atoms with Crippen molar-refractivity contribution in [3.8, 4) is 0 Å². The van der Waals surface area contributed by atoms with Gasteiger partial charge in [-0.15, -0.1) is 0 Å². The van der Waals surface area contributed by atoms with E-state index in [9.17, 15) is 0 Å². The van der Waals surface area contributed by atoms with Crippen LogP contribution < -0.4 is 0 Å². The zero-order valence-electron chi connectivity index (χ0n) is 10.3. The second-order valence-corrected chi connectivity index (χ2v) is 4.87. The first-order chi connectivity index (χ1) is 7.12. The maximum atomic E-state index is 8.60. The Bertz CT molecular complexity index is 181. The largest absolute Gasteiger partial charge is 0.396 e. The van der Waals surface area contributed by atoms with E-state index in [2.05, 4.69) is 4.85 Å². The molecule has 0 fully saturated rings. The second-order valence-electron chi connectivity index (χ2n) is 4.87. The molecule has 0 aromatic carbocycles. The molecule has 0 radical (unpaired) electrons. The Hall–Kier alpha value is -0.550. The van der Waals surface area contributed by atoms with Crippen LogP contribution >= 0.6 is 0 Å². The summed E-state index contributed by atoms with van der Waals surface area (Å²) in [4.78, 5) is 3.60. The molecule has 0 bridgehead atoms. The van der Waals surface area contributed by atoms with Gasteiger partial charge in [0.25, 0.3) is 0 Å². The SMILES string of the molecule is [C-]#[N+]C(C)(C)CCCCCCCCCO. The van der Waals surface area contributed by atoms with Gasteiger partial charge in [0.05, 0.1) is 0 Å². The Kier molecular flexibility index (Phi) is 8.41. The fourth-order valence-electron chi connectivity index (χ4n) is 1.61. The Labute approximate surface area is 94.5 Å². The molecule has 1 N–H and O–H groups in total. The third-order valence-electron chi connectivity index (χ3n) is 2.75. The number of aliphatic hydroxyl groups excluding tert-OH is 1. The molecule has 0 atom stereocenters. The Morgan fingerprint density at radius 3 is 1.87 bits per heavy atom. The minimum absolute atomic E-state index is 0.156. The van der Waals surface area contributed by atoms with Crippen LogP contribution in [0.2, 0.25) is 0 Å². The number of unbranched alkanes of at least 4 members (excludes halogenated alkanes) is 6. The molecule has 0 heterocycles. The van der Waals surface area contributed by atoms with Gasteiger partial charge in [-0.1, -0.05) is 32.1 Å². The molecule has 0 aliphatic heterocycles. The summed E-state index contributed by atoms with van der Waals surface area (Å²) in [6.45, 7) is 11.4. The Morgan fingerprint density at radius 1 is 0.933 bits per heavy atom. The molecule has 0 aliphatic carbocycles. The topological polar surface area (TPSA) is 24.6 Å². The minimum Gasteiger partial charge on any atom is -0.396 e. The minimum atomic E-state index is -0.156. The number of rotatable bonds is 9. The van der Waals surface area contributed by atoms with Crippen molar-refractivity contribution < 1.29 is 5.11 Å². The molecule has 0 aromatic heterocycles. The maximum absolute atomic E-state index is 8.60. The van der Waals surface area contributed by atoms with Crippen LogP contribution in [0.25, 0.3) is 4.85 Å². The first kappa shape index (κ1) is 14.5. The van der Waals surface area contributed by atoms with Gasteiger partial charge in [0, 0.05) is 26.9 Å². The molecule has 0 saturated carbocycles. The summed E-state index contributed by atoms with van der Waals surface area (Å²) in [5.74, 6) is 0. The van der Waals surface area contributed by atoms with Crippen LogP contribution in [0.15, 0.2) is 0 Å². The van der Waals surface area contributed by atoms with Crippen molar-refractivity contribution in [2.45, 2.75) is 70.8 Å². The van der Waals surface area contributed by atoms with Crippen molar-refractivity contribution >= 4 is 0 Å². The number of hydrogen-bond donors (Lipinski definition) is 1. The van der Waals surface area contributed by atoms with Crippen LogP contribution in [0.4, 0.5) is 0 Å². The van der Waals surface area contributed by atoms with Crippen molar-refractivity contribution in [3.63, 3.8) is 0 Å². The van der Waals surface area contributed by atoms with Gasteiger partial charge in [-0.25, -0.2) is 6.57 Å². The highest BCUT2D eigenvalue weighted by Crippen LogP contribution is 2.19. The van der Waals surface area contributed by atoms with E-state index in [4.69, 9.17) is 11.7 Å². The number of aliphatic hydroxyl groups is 1. The summed E-state index contributed by atoms with van der Waals surface area (Å²) in [6, 6.07) is 0. The van der Waals surface area contributed by atoms with Gasteiger partial charge >= 0.3 is 0 Å². The van der Waals surface area contributed by atoms with E-state index in [0.717, 1.165) is 19.3 Å². The Balaban J connectivity index is 3.16. The molecule has 0 unspecified atom stereocenters. The van der Waals surface area contributed by atoms with Gasteiger partial charge in [0.15, 0.2) is 0 Å². The smallest absolute Gasteiger partial charge is 0.227 e. The van der Waals surface area contributed by atoms with E-state index >= 15 is 0 Å². The molecule has 0 saturated heterocycles. The molecule has 2 heteroatoms. The zero-order chi connectivity index (χ0) is 11.6. The van der Waals surface area contributed by atoms with E-state index in [1.54, 1.807) is 0 Å². The normalized spacial score (nSPS) is 11.3. The predicted octanol–water partition coefficient (Wildman–Crippen LogP) is 3.80. The molecule has 2 nitrogen and oxygen atoms in total. The number of nitrogens with zero attached hydrogens (tertiary/aromatic N) is 1. The highest BCUT2D eigenvalue weighted by atomic mass is 16.2. The van der Waals surface area contributed by atoms with Crippen molar-refractivity contribution in [1.82, 2.24) is 0 Å². The summed E-state index contributed by atoms with van der Waals surface area (Å²) in [6.07, 6.45) is 9.35. The third-order valence-corrected chi connectivity index (χ3v) is 2.75. The molecule has 88 valence electrons. The van der Waals surface area contributed by atoms with E-state index in [1.165, 1.54) is 32.1 Å². The van der Waals surface area contributed by atoms with Crippen LogP contribution in [0.5, 0.6) is 0 Å². The van der Waals surface area contributed by atoms with E-state index in [1.807, 2.05) is 13.8 Å². The van der Waals surface area contributed by atoms with Gasteiger partial charge in [-0.2, -0.15) is 0 Å².